The largest absolute Gasteiger partial charge is 0.195 e. The second-order valence-corrected chi connectivity index (χ2v) is 4.05. The topological polar surface area (TPSA) is 23.8 Å². The van der Waals surface area contributed by atoms with Crippen LogP contribution in [-0.2, 0) is 0 Å². The van der Waals surface area contributed by atoms with E-state index in [1.165, 1.54) is 6.07 Å². The first-order valence-corrected chi connectivity index (χ1v) is 4.80. The molecule has 0 spiro atoms. The van der Waals surface area contributed by atoms with Crippen LogP contribution in [-0.4, -0.2) is 0 Å². The second kappa shape index (κ2) is 3.02. The summed E-state index contributed by atoms with van der Waals surface area (Å²) in [4.78, 5) is 0.591. The molecule has 0 bridgehead atoms. The van der Waals surface area contributed by atoms with Crippen molar-refractivity contribution in [1.82, 2.24) is 0 Å². The van der Waals surface area contributed by atoms with Crippen molar-refractivity contribution in [2.24, 2.45) is 0 Å². The fourth-order valence-corrected chi connectivity index (χ4v) is 2.23. The van der Waals surface area contributed by atoms with E-state index >= 15 is 0 Å². The molecule has 0 N–H and O–H groups in total. The number of rotatable bonds is 0. The zero-order valence-electron chi connectivity index (χ0n) is 6.41. The lowest BCUT2D eigenvalue weighted by Crippen LogP contribution is -1.77. The van der Waals surface area contributed by atoms with E-state index in [2.05, 4.69) is 12.6 Å². The first-order valence-electron chi connectivity index (χ1n) is 3.53. The number of halogens is 1. The van der Waals surface area contributed by atoms with Crippen molar-refractivity contribution in [3.63, 3.8) is 0 Å². The van der Waals surface area contributed by atoms with Gasteiger partial charge in [0.1, 0.15) is 6.07 Å². The Morgan fingerprint density at radius 3 is 2.92 bits per heavy atom. The fourth-order valence-electron chi connectivity index (χ4n) is 1.19. The number of hydrogen-bond donors (Lipinski definition) is 1. The third kappa shape index (κ3) is 1.30. The van der Waals surface area contributed by atoms with Crippen LogP contribution in [0.3, 0.4) is 0 Å². The van der Waals surface area contributed by atoms with Crippen LogP contribution in [0.1, 0.15) is 5.56 Å². The SMILES string of the molecule is N#Cc1c(S)ccc2sc(F)cc12. The van der Waals surface area contributed by atoms with Crippen LogP contribution in [0.25, 0.3) is 10.1 Å². The van der Waals surface area contributed by atoms with Gasteiger partial charge in [-0.1, -0.05) is 0 Å². The van der Waals surface area contributed by atoms with Crippen LogP contribution in [0, 0.1) is 16.5 Å². The van der Waals surface area contributed by atoms with E-state index in [-0.39, 0.29) is 5.13 Å². The summed E-state index contributed by atoms with van der Waals surface area (Å²) in [5, 5.41) is 9.19. The van der Waals surface area contributed by atoms with Crippen molar-refractivity contribution in [1.29, 1.82) is 5.26 Å². The Labute approximate surface area is 83.8 Å². The van der Waals surface area contributed by atoms with Gasteiger partial charge in [-0.05, 0) is 18.2 Å². The maximum atomic E-state index is 12.9. The summed E-state index contributed by atoms with van der Waals surface area (Å²) in [6.45, 7) is 0. The number of hydrogen-bond acceptors (Lipinski definition) is 3. The average Bonchev–Trinajstić information content (AvgIpc) is 2.45. The van der Waals surface area contributed by atoms with Crippen molar-refractivity contribution in [2.75, 3.05) is 0 Å². The predicted octanol–water partition coefficient (Wildman–Crippen LogP) is 3.20. The average molecular weight is 209 g/mol. The maximum Gasteiger partial charge on any atom is 0.177 e. The standard InChI is InChI=1S/C9H4FNS2/c10-9-3-5-6(4-11)7(12)1-2-8(5)13-9/h1-3,12H. The molecule has 1 aromatic heterocycles. The molecule has 0 amide bonds. The summed E-state index contributed by atoms with van der Waals surface area (Å²) in [5.41, 5.74) is 0.445. The van der Waals surface area contributed by atoms with E-state index in [1.807, 2.05) is 6.07 Å². The molecule has 64 valence electrons. The fraction of sp³-hybridized carbons (Fsp3) is 0. The van der Waals surface area contributed by atoms with Gasteiger partial charge in [-0.3, -0.25) is 0 Å². The van der Waals surface area contributed by atoms with Gasteiger partial charge in [-0.15, -0.1) is 24.0 Å². The second-order valence-electron chi connectivity index (χ2n) is 2.53. The molecule has 0 saturated heterocycles. The highest BCUT2D eigenvalue weighted by Gasteiger charge is 2.08. The summed E-state index contributed by atoms with van der Waals surface area (Å²) in [5.74, 6) is 0. The predicted molar refractivity (Wildman–Crippen MR) is 53.8 cm³/mol. The molecule has 1 heterocycles. The number of nitriles is 1. The van der Waals surface area contributed by atoms with Gasteiger partial charge in [-0.25, -0.2) is 0 Å². The zero-order valence-corrected chi connectivity index (χ0v) is 8.12. The van der Waals surface area contributed by atoms with Crippen molar-refractivity contribution >= 4 is 34.1 Å². The molecular weight excluding hydrogens is 205 g/mol. The third-order valence-electron chi connectivity index (χ3n) is 1.76. The molecule has 0 aliphatic rings. The quantitative estimate of drug-likeness (QED) is 0.662. The van der Waals surface area contributed by atoms with Crippen molar-refractivity contribution in [3.05, 3.63) is 28.9 Å². The molecular formula is C9H4FNS2. The van der Waals surface area contributed by atoms with E-state index in [1.54, 1.807) is 12.1 Å². The summed E-state index contributed by atoms with van der Waals surface area (Å²) in [7, 11) is 0. The van der Waals surface area contributed by atoms with E-state index < -0.39 is 0 Å². The highest BCUT2D eigenvalue weighted by Crippen LogP contribution is 2.30. The molecule has 0 aliphatic carbocycles. The van der Waals surface area contributed by atoms with Gasteiger partial charge in [0.05, 0.1) is 5.56 Å². The van der Waals surface area contributed by atoms with Crippen LogP contribution in [0.15, 0.2) is 23.1 Å². The Kier molecular flexibility index (Phi) is 1.98. The number of benzene rings is 1. The van der Waals surface area contributed by atoms with Crippen LogP contribution >= 0.6 is 24.0 Å². The Morgan fingerprint density at radius 1 is 1.46 bits per heavy atom. The molecule has 0 saturated carbocycles. The number of thiol groups is 1. The third-order valence-corrected chi connectivity index (χ3v) is 3.02. The van der Waals surface area contributed by atoms with Crippen molar-refractivity contribution in [3.8, 4) is 6.07 Å². The highest BCUT2D eigenvalue weighted by atomic mass is 32.1. The molecule has 0 radical (unpaired) electrons. The zero-order chi connectivity index (χ0) is 9.42. The number of thiophene rings is 1. The minimum absolute atomic E-state index is 0.273. The maximum absolute atomic E-state index is 12.9. The first kappa shape index (κ1) is 8.54. The lowest BCUT2D eigenvalue weighted by molar-refractivity contribution is 0.658. The summed E-state index contributed by atoms with van der Waals surface area (Å²) >= 11 is 5.16. The Morgan fingerprint density at radius 2 is 2.23 bits per heavy atom. The number of nitrogens with zero attached hydrogens (tertiary/aromatic N) is 1. The summed E-state index contributed by atoms with van der Waals surface area (Å²) in [6, 6.07) is 6.87. The molecule has 13 heavy (non-hydrogen) atoms. The molecule has 2 rings (SSSR count). The molecule has 1 aromatic carbocycles. The van der Waals surface area contributed by atoms with Gasteiger partial charge in [0, 0.05) is 15.0 Å². The minimum atomic E-state index is -0.273. The minimum Gasteiger partial charge on any atom is -0.195 e. The lowest BCUT2D eigenvalue weighted by atomic mass is 10.1. The first-order chi connectivity index (χ1) is 6.22. The molecule has 0 atom stereocenters. The van der Waals surface area contributed by atoms with Crippen molar-refractivity contribution in [2.45, 2.75) is 4.90 Å². The molecule has 4 heteroatoms. The Bertz CT molecular complexity index is 510. The molecule has 1 nitrogen and oxygen atoms in total. The highest BCUT2D eigenvalue weighted by molar-refractivity contribution is 7.80. The Hall–Kier alpha value is -1.05. The molecule has 2 aromatic rings. The summed E-state index contributed by atoms with van der Waals surface area (Å²) < 4.78 is 13.6. The van der Waals surface area contributed by atoms with Crippen LogP contribution in [0.2, 0.25) is 0 Å². The van der Waals surface area contributed by atoms with Crippen LogP contribution in [0.4, 0.5) is 4.39 Å². The molecule has 0 unspecified atom stereocenters. The van der Waals surface area contributed by atoms with E-state index in [0.717, 1.165) is 16.0 Å². The summed E-state index contributed by atoms with van der Waals surface area (Å²) in [6.07, 6.45) is 0. The van der Waals surface area contributed by atoms with Crippen molar-refractivity contribution < 1.29 is 4.39 Å². The Balaban J connectivity index is 2.93. The van der Waals surface area contributed by atoms with Crippen LogP contribution in [0.5, 0.6) is 0 Å². The van der Waals surface area contributed by atoms with Gasteiger partial charge < -0.3 is 0 Å². The molecule has 0 fully saturated rings. The van der Waals surface area contributed by atoms with Crippen LogP contribution < -0.4 is 0 Å². The normalized spacial score (nSPS) is 10.2. The lowest BCUT2D eigenvalue weighted by Gasteiger charge is -1.95. The monoisotopic (exact) mass is 209 g/mol. The van der Waals surface area contributed by atoms with Gasteiger partial charge in [0.25, 0.3) is 0 Å². The van der Waals surface area contributed by atoms with E-state index in [9.17, 15) is 4.39 Å². The van der Waals surface area contributed by atoms with E-state index in [4.69, 9.17) is 5.26 Å². The smallest absolute Gasteiger partial charge is 0.177 e. The van der Waals surface area contributed by atoms with Gasteiger partial charge in [0.2, 0.25) is 0 Å². The number of fused-ring (bicyclic) bond motifs is 1. The van der Waals surface area contributed by atoms with Gasteiger partial charge >= 0.3 is 0 Å². The van der Waals surface area contributed by atoms with Gasteiger partial charge in [-0.2, -0.15) is 9.65 Å². The molecule has 0 aliphatic heterocycles. The van der Waals surface area contributed by atoms with E-state index in [0.29, 0.717) is 15.8 Å². The van der Waals surface area contributed by atoms with Gasteiger partial charge in [0.15, 0.2) is 5.13 Å².